The second-order valence-electron chi connectivity index (χ2n) is 0.577. The summed E-state index contributed by atoms with van der Waals surface area (Å²) in [6, 6.07) is 0. The Hall–Kier alpha value is 1.65. The van der Waals surface area contributed by atoms with Gasteiger partial charge in [0.1, 0.15) is 0 Å². The molecule has 0 aromatic carbocycles. The van der Waals surface area contributed by atoms with Gasteiger partial charge in [-0.05, 0) is 6.42 Å². The number of halogens is 1. The van der Waals surface area contributed by atoms with Crippen molar-refractivity contribution in [1.82, 2.24) is 0 Å². The maximum atomic E-state index is 4.64. The molecule has 0 spiro atoms. The van der Waals surface area contributed by atoms with Crippen molar-refractivity contribution in [2.24, 2.45) is 0 Å². The fourth-order valence-corrected chi connectivity index (χ4v) is 0. The zero-order valence-corrected chi connectivity index (χ0v) is 4.71. The zero-order valence-electron chi connectivity index (χ0n) is 3.96. The standard InChI is InChI=1S/C3H7.ClH.Li.Mg.2H/c1-3-2;;;;;/h3H,1-2H3;1H;;;;/q;;+1;;;/p-1. The average Bonchev–Trinajstić information content (AvgIpc) is 1.46. The van der Waals surface area contributed by atoms with Gasteiger partial charge in [0.2, 0.25) is 0 Å². The molecule has 0 aromatic heterocycles. The summed E-state index contributed by atoms with van der Waals surface area (Å²) in [6.07, 6.45) is 2.00. The van der Waals surface area contributed by atoms with E-state index in [4.69, 9.17) is 0 Å². The van der Waals surface area contributed by atoms with Crippen LogP contribution < -0.4 is 0 Å². The van der Waals surface area contributed by atoms with E-state index in [2.05, 4.69) is 9.80 Å². The van der Waals surface area contributed by atoms with Crippen molar-refractivity contribution in [3.05, 3.63) is 6.42 Å². The molecule has 0 heterocycles. The molecular weight excluding hydrogens is 103 g/mol. The Balaban J connectivity index is -0.0000000275. The first-order valence-electron chi connectivity index (χ1n) is 1.53. The molecule has 0 aliphatic carbocycles. The Kier molecular flexibility index (Phi) is 78.8. The van der Waals surface area contributed by atoms with Crippen molar-refractivity contribution in [2.75, 3.05) is 0 Å². The molecular formula is C3H9ClLiMg. The van der Waals surface area contributed by atoms with E-state index in [1.165, 1.54) is 16.7 Å². The zero-order chi connectivity index (χ0) is 4.71. The minimum atomic E-state index is 0. The average molecular weight is 112 g/mol. The van der Waals surface area contributed by atoms with Crippen LogP contribution >= 0.6 is 9.80 Å². The molecule has 0 rings (SSSR count). The molecule has 6 heavy (non-hydrogen) atoms. The molecule has 0 aliphatic rings. The van der Waals surface area contributed by atoms with E-state index in [9.17, 15) is 0 Å². The van der Waals surface area contributed by atoms with E-state index in [1.807, 2.05) is 20.3 Å². The first-order valence-corrected chi connectivity index (χ1v) is 2.29. The Morgan fingerprint density at radius 2 is 1.33 bits per heavy atom. The molecule has 3 heteroatoms. The molecule has 1 radical (unpaired) electrons. The SMILES string of the molecule is C[CH]C.[Li][Cl].[MgH2]. The summed E-state index contributed by atoms with van der Waals surface area (Å²) >= 11 is 1.47. The van der Waals surface area contributed by atoms with Crippen LogP contribution in [0.15, 0.2) is 0 Å². The van der Waals surface area contributed by atoms with Crippen molar-refractivity contribution >= 4 is 49.6 Å². The van der Waals surface area contributed by atoms with Crippen LogP contribution in [-0.2, 0) is 0 Å². The summed E-state index contributed by atoms with van der Waals surface area (Å²) in [4.78, 5) is 0. The van der Waals surface area contributed by atoms with Gasteiger partial charge in [-0.1, -0.05) is 13.8 Å². The summed E-state index contributed by atoms with van der Waals surface area (Å²) in [7, 11) is 4.64. The van der Waals surface area contributed by atoms with E-state index in [-0.39, 0.29) is 23.1 Å². The van der Waals surface area contributed by atoms with Gasteiger partial charge in [-0.2, -0.15) is 0 Å². The van der Waals surface area contributed by atoms with Gasteiger partial charge in [0.25, 0.3) is 0 Å². The molecule has 0 fully saturated rings. The predicted octanol–water partition coefficient (Wildman–Crippen LogP) is 0.623. The van der Waals surface area contributed by atoms with E-state index >= 15 is 0 Å². The molecule has 31 valence electrons. The molecule has 0 N–H and O–H groups in total. The van der Waals surface area contributed by atoms with Crippen LogP contribution in [-0.4, -0.2) is 39.8 Å². The third kappa shape index (κ3) is 44.8. The van der Waals surface area contributed by atoms with Crippen LogP contribution in [0.1, 0.15) is 13.8 Å². The van der Waals surface area contributed by atoms with E-state index in [0.717, 1.165) is 0 Å². The van der Waals surface area contributed by atoms with Gasteiger partial charge < -0.3 is 0 Å². The van der Waals surface area contributed by atoms with E-state index in [0.29, 0.717) is 0 Å². The largest absolute Gasteiger partial charge is 0.316 e. The fraction of sp³-hybridized carbons (Fsp3) is 0.667. The van der Waals surface area contributed by atoms with Crippen molar-refractivity contribution in [3.63, 3.8) is 0 Å². The van der Waals surface area contributed by atoms with Gasteiger partial charge in [-0.3, -0.25) is 0 Å². The van der Waals surface area contributed by atoms with Crippen LogP contribution in [0.25, 0.3) is 0 Å². The Bertz CT molecular complexity index is 10.8. The maximum Gasteiger partial charge on any atom is 0.316 e. The third-order valence-corrected chi connectivity index (χ3v) is 0. The smallest absolute Gasteiger partial charge is 0.316 e. The van der Waals surface area contributed by atoms with Crippen LogP contribution in [0, 0.1) is 6.42 Å². The molecule has 0 nitrogen and oxygen atoms in total. The fourth-order valence-electron chi connectivity index (χ4n) is 0. The minimum Gasteiger partial charge on any atom is 0.316 e. The topological polar surface area (TPSA) is 0 Å². The summed E-state index contributed by atoms with van der Waals surface area (Å²) in [6.45, 7) is 4.00. The molecule has 0 atom stereocenters. The van der Waals surface area contributed by atoms with Crippen LogP contribution in [0.2, 0.25) is 0 Å². The molecule has 0 aliphatic heterocycles. The monoisotopic (exact) mass is 111 g/mol. The first-order chi connectivity index (χ1) is 2.41. The van der Waals surface area contributed by atoms with E-state index in [1.54, 1.807) is 0 Å². The maximum absolute atomic E-state index is 4.64. The van der Waals surface area contributed by atoms with Gasteiger partial charge >= 0.3 is 49.6 Å². The Labute approximate surface area is 69.5 Å². The van der Waals surface area contributed by atoms with Crippen molar-refractivity contribution in [1.29, 1.82) is 0 Å². The second-order valence-corrected chi connectivity index (χ2v) is 0.577. The minimum absolute atomic E-state index is 0. The van der Waals surface area contributed by atoms with E-state index < -0.39 is 0 Å². The van der Waals surface area contributed by atoms with Crippen LogP contribution in [0.5, 0.6) is 0 Å². The summed E-state index contributed by atoms with van der Waals surface area (Å²) in [5.41, 5.74) is 0. The quantitative estimate of drug-likeness (QED) is 0.403. The molecule has 0 bridgehead atoms. The van der Waals surface area contributed by atoms with Gasteiger partial charge in [0, 0.05) is 0 Å². The first kappa shape index (κ1) is 15.6. The Morgan fingerprint density at radius 3 is 1.33 bits per heavy atom. The summed E-state index contributed by atoms with van der Waals surface area (Å²) in [5, 5.41) is 0. The second kappa shape index (κ2) is 30.2. The molecule has 0 aromatic rings. The molecule has 0 unspecified atom stereocenters. The number of hydrogen-bond acceptors (Lipinski definition) is 0. The molecule has 0 saturated carbocycles. The number of rotatable bonds is 0. The van der Waals surface area contributed by atoms with Crippen LogP contribution in [0.3, 0.4) is 0 Å². The molecule has 0 saturated heterocycles. The predicted molar refractivity (Wildman–Crippen MR) is 35.8 cm³/mol. The van der Waals surface area contributed by atoms with Crippen LogP contribution in [0.4, 0.5) is 0 Å². The van der Waals surface area contributed by atoms with Gasteiger partial charge in [0.05, 0.1) is 0 Å². The summed E-state index contributed by atoms with van der Waals surface area (Å²) < 4.78 is 0. The van der Waals surface area contributed by atoms with Crippen molar-refractivity contribution in [2.45, 2.75) is 13.8 Å². The van der Waals surface area contributed by atoms with Gasteiger partial charge in [-0.15, -0.1) is 0 Å². The molecule has 0 amide bonds. The third-order valence-electron chi connectivity index (χ3n) is 0. The van der Waals surface area contributed by atoms with Crippen molar-refractivity contribution in [3.8, 4) is 0 Å². The van der Waals surface area contributed by atoms with Crippen molar-refractivity contribution < 1.29 is 0 Å². The Morgan fingerprint density at radius 1 is 1.33 bits per heavy atom. The van der Waals surface area contributed by atoms with Gasteiger partial charge in [-0.25, -0.2) is 0 Å². The van der Waals surface area contributed by atoms with Gasteiger partial charge in [0.15, 0.2) is 0 Å². The normalized spacial score (nSPS) is 4.17. The summed E-state index contributed by atoms with van der Waals surface area (Å²) in [5.74, 6) is 0. The number of hydrogen-bond donors (Lipinski definition) is 0.